The van der Waals surface area contributed by atoms with Gasteiger partial charge >= 0.3 is 0 Å². The van der Waals surface area contributed by atoms with Crippen molar-refractivity contribution in [2.45, 2.75) is 6.42 Å². The molecule has 1 fully saturated rings. The largest absolute Gasteiger partial charge is 0.369 e. The van der Waals surface area contributed by atoms with E-state index in [1.807, 2.05) is 24.1 Å². The highest BCUT2D eigenvalue weighted by atomic mass is 16.2. The van der Waals surface area contributed by atoms with Crippen LogP contribution in [0.4, 0.5) is 5.69 Å². The summed E-state index contributed by atoms with van der Waals surface area (Å²) in [4.78, 5) is 34.6. The van der Waals surface area contributed by atoms with Crippen LogP contribution >= 0.6 is 0 Å². The molecule has 0 saturated carbocycles. The Hall–Kier alpha value is -3.55. The first-order valence-corrected chi connectivity index (χ1v) is 9.36. The van der Waals surface area contributed by atoms with Crippen LogP contribution in [0.1, 0.15) is 15.9 Å². The zero-order valence-corrected chi connectivity index (χ0v) is 16.1. The lowest BCUT2D eigenvalue weighted by molar-refractivity contribution is -0.117. The molecule has 29 heavy (non-hydrogen) atoms. The summed E-state index contributed by atoms with van der Waals surface area (Å²) in [6.45, 7) is 3.10. The van der Waals surface area contributed by atoms with Gasteiger partial charge in [-0.2, -0.15) is 0 Å². The number of benzene rings is 2. The smallest absolute Gasteiger partial charge is 0.254 e. The summed E-state index contributed by atoms with van der Waals surface area (Å²) < 4.78 is 0. The van der Waals surface area contributed by atoms with Crippen LogP contribution in [0.3, 0.4) is 0 Å². The van der Waals surface area contributed by atoms with Gasteiger partial charge < -0.3 is 20.5 Å². The molecule has 1 saturated heterocycles. The van der Waals surface area contributed by atoms with Crippen LogP contribution in [0.2, 0.25) is 0 Å². The quantitative estimate of drug-likeness (QED) is 0.402. The third-order valence-electron chi connectivity index (χ3n) is 5.37. The number of aromatic amines is 1. The molecule has 0 radical (unpaired) electrons. The maximum Gasteiger partial charge on any atom is 0.254 e. The maximum atomic E-state index is 12.9. The number of piperazine rings is 1. The second-order valence-electron chi connectivity index (χ2n) is 7.31. The Morgan fingerprint density at radius 3 is 2.66 bits per heavy atom. The SMILES string of the molecule is CN1CCN(C(=O)c2ccc3c(c2)[nH]c2c(CC(N)=O)ccc(N=[N+]=[N-])c23)CC1. The molecule has 0 aliphatic carbocycles. The van der Waals surface area contributed by atoms with Crippen molar-refractivity contribution < 1.29 is 9.59 Å². The van der Waals surface area contributed by atoms with E-state index in [2.05, 4.69) is 19.9 Å². The maximum absolute atomic E-state index is 12.9. The number of carbonyl (C=O) groups excluding carboxylic acids is 2. The Kier molecular flexibility index (Phi) is 4.84. The van der Waals surface area contributed by atoms with Crippen molar-refractivity contribution in [2.24, 2.45) is 10.8 Å². The first-order valence-electron chi connectivity index (χ1n) is 9.36. The average Bonchev–Trinajstić information content (AvgIpc) is 3.09. The molecule has 1 aromatic heterocycles. The molecule has 3 N–H and O–H groups in total. The Morgan fingerprint density at radius 2 is 1.97 bits per heavy atom. The number of rotatable bonds is 4. The van der Waals surface area contributed by atoms with Crippen LogP contribution in [0.25, 0.3) is 32.2 Å². The molecule has 9 heteroatoms. The van der Waals surface area contributed by atoms with Crippen LogP contribution < -0.4 is 5.73 Å². The Bertz CT molecular complexity index is 1170. The van der Waals surface area contributed by atoms with Crippen molar-refractivity contribution in [2.75, 3.05) is 33.2 Å². The normalized spacial score (nSPS) is 14.9. The fourth-order valence-electron chi connectivity index (χ4n) is 3.84. The number of fused-ring (bicyclic) bond motifs is 3. The fraction of sp³-hybridized carbons (Fsp3) is 0.300. The van der Waals surface area contributed by atoms with Crippen LogP contribution in [0, 0.1) is 0 Å². The molecule has 148 valence electrons. The summed E-state index contributed by atoms with van der Waals surface area (Å²) in [6, 6.07) is 8.85. The van der Waals surface area contributed by atoms with Crippen molar-refractivity contribution in [3.63, 3.8) is 0 Å². The third-order valence-corrected chi connectivity index (χ3v) is 5.37. The Balaban J connectivity index is 1.81. The molecular weight excluding hydrogens is 370 g/mol. The van der Waals surface area contributed by atoms with Gasteiger partial charge in [0.25, 0.3) is 5.91 Å². The molecule has 1 aliphatic rings. The number of carbonyl (C=O) groups is 2. The summed E-state index contributed by atoms with van der Waals surface area (Å²) in [5, 5.41) is 5.32. The fourth-order valence-corrected chi connectivity index (χ4v) is 3.84. The number of H-pyrrole nitrogens is 1. The van der Waals surface area contributed by atoms with Crippen molar-refractivity contribution >= 4 is 39.3 Å². The van der Waals surface area contributed by atoms with E-state index >= 15 is 0 Å². The minimum atomic E-state index is -0.451. The van der Waals surface area contributed by atoms with E-state index in [9.17, 15) is 9.59 Å². The number of aromatic nitrogens is 1. The van der Waals surface area contributed by atoms with Gasteiger partial charge in [0, 0.05) is 58.6 Å². The zero-order valence-electron chi connectivity index (χ0n) is 16.1. The lowest BCUT2D eigenvalue weighted by Crippen LogP contribution is -2.47. The number of nitrogens with zero attached hydrogens (tertiary/aromatic N) is 5. The molecule has 1 aliphatic heterocycles. The minimum absolute atomic E-state index is 0.00807. The van der Waals surface area contributed by atoms with Crippen molar-refractivity contribution in [3.05, 3.63) is 51.9 Å². The molecule has 3 aromatic rings. The van der Waals surface area contributed by atoms with E-state index in [0.717, 1.165) is 29.4 Å². The molecule has 9 nitrogen and oxygen atoms in total. The van der Waals surface area contributed by atoms with E-state index in [1.54, 1.807) is 18.2 Å². The molecule has 0 unspecified atom stereocenters. The van der Waals surface area contributed by atoms with Gasteiger partial charge in [0.05, 0.1) is 11.9 Å². The highest BCUT2D eigenvalue weighted by Crippen LogP contribution is 2.36. The van der Waals surface area contributed by atoms with Gasteiger partial charge in [-0.15, -0.1) is 0 Å². The number of hydrogen-bond acceptors (Lipinski definition) is 4. The van der Waals surface area contributed by atoms with Gasteiger partial charge in [-0.3, -0.25) is 9.59 Å². The molecular formula is C20H21N7O2. The lowest BCUT2D eigenvalue weighted by Gasteiger charge is -2.32. The third kappa shape index (κ3) is 3.49. The topological polar surface area (TPSA) is 131 Å². The van der Waals surface area contributed by atoms with E-state index in [1.165, 1.54) is 0 Å². The van der Waals surface area contributed by atoms with Crippen molar-refractivity contribution in [3.8, 4) is 0 Å². The van der Waals surface area contributed by atoms with Gasteiger partial charge in [0.1, 0.15) is 0 Å². The standard InChI is InChI=1S/C20H21N7O2/c1-26-6-8-27(9-7-26)20(29)13-2-4-14-16(10-13)23-19-12(11-17(21)28)3-5-15(18(14)19)24-25-22/h2-5,10,23H,6-9,11H2,1H3,(H2,21,28). The Morgan fingerprint density at radius 1 is 1.21 bits per heavy atom. The number of hydrogen-bond donors (Lipinski definition) is 2. The predicted octanol–water partition coefficient (Wildman–Crippen LogP) is 2.68. The van der Waals surface area contributed by atoms with Gasteiger partial charge in [0.2, 0.25) is 5.91 Å². The summed E-state index contributed by atoms with van der Waals surface area (Å²) in [6.07, 6.45) is 0.0625. The van der Waals surface area contributed by atoms with Crippen LogP contribution in [-0.2, 0) is 11.2 Å². The molecule has 2 aromatic carbocycles. The summed E-state index contributed by atoms with van der Waals surface area (Å²) in [5.41, 5.74) is 17.5. The molecule has 2 amide bonds. The van der Waals surface area contributed by atoms with Crippen LogP contribution in [0.15, 0.2) is 35.4 Å². The summed E-state index contributed by atoms with van der Waals surface area (Å²) >= 11 is 0. The van der Waals surface area contributed by atoms with Crippen molar-refractivity contribution in [1.82, 2.24) is 14.8 Å². The number of primary amides is 1. The van der Waals surface area contributed by atoms with Gasteiger partial charge in [-0.25, -0.2) is 0 Å². The molecule has 4 rings (SSSR count). The second-order valence-corrected chi connectivity index (χ2v) is 7.31. The first-order chi connectivity index (χ1) is 14.0. The van der Waals surface area contributed by atoms with E-state index in [0.29, 0.717) is 35.4 Å². The Labute approximate surface area is 166 Å². The second kappa shape index (κ2) is 7.46. The van der Waals surface area contributed by atoms with Crippen molar-refractivity contribution in [1.29, 1.82) is 0 Å². The molecule has 0 spiro atoms. The minimum Gasteiger partial charge on any atom is -0.369 e. The van der Waals surface area contributed by atoms with Gasteiger partial charge in [0.15, 0.2) is 0 Å². The number of nitrogens with one attached hydrogen (secondary N) is 1. The van der Waals surface area contributed by atoms with E-state index in [4.69, 9.17) is 11.3 Å². The number of likely N-dealkylation sites (N-methyl/N-ethyl adjacent to an activating group) is 1. The highest BCUT2D eigenvalue weighted by molar-refractivity contribution is 6.15. The number of amides is 2. The van der Waals surface area contributed by atoms with Crippen LogP contribution in [-0.4, -0.2) is 59.8 Å². The molecule has 0 bridgehead atoms. The molecule has 2 heterocycles. The van der Waals surface area contributed by atoms with Crippen LogP contribution in [0.5, 0.6) is 0 Å². The van der Waals surface area contributed by atoms with Gasteiger partial charge in [-0.05, 0) is 30.3 Å². The van der Waals surface area contributed by atoms with Gasteiger partial charge in [-0.1, -0.05) is 23.3 Å². The predicted molar refractivity (Wildman–Crippen MR) is 111 cm³/mol. The monoisotopic (exact) mass is 391 g/mol. The zero-order chi connectivity index (χ0) is 20.5. The lowest BCUT2D eigenvalue weighted by atomic mass is 10.0. The van der Waals surface area contributed by atoms with E-state index < -0.39 is 5.91 Å². The summed E-state index contributed by atoms with van der Waals surface area (Å²) in [5.74, 6) is -0.460. The summed E-state index contributed by atoms with van der Waals surface area (Å²) in [7, 11) is 2.04. The van der Waals surface area contributed by atoms with E-state index in [-0.39, 0.29) is 12.3 Å². The first kappa shape index (κ1) is 18.8. The number of azide groups is 1. The molecule has 0 atom stereocenters. The highest BCUT2D eigenvalue weighted by Gasteiger charge is 2.21. The average molecular weight is 391 g/mol. The number of nitrogens with two attached hydrogens (primary N) is 1.